The summed E-state index contributed by atoms with van der Waals surface area (Å²) >= 11 is 0. The number of hydrogen-bond donors (Lipinski definition) is 2. The van der Waals surface area contributed by atoms with Crippen molar-refractivity contribution in [1.29, 1.82) is 0 Å². The quantitative estimate of drug-likeness (QED) is 0.891. The standard InChI is InChI=1S/C17H27N3O2/c1-11-7-12(2)9-20(8-11)10-14(4)19-17(22)15-6-5-13(3)18-16(15)21/h5-6,11-12,14H,7-10H2,1-4H3,(H,18,21)(H,19,22)/t11-,12-,14+/m0/s1. The van der Waals surface area contributed by atoms with Crippen LogP contribution in [0.2, 0.25) is 0 Å². The molecule has 0 aliphatic carbocycles. The largest absolute Gasteiger partial charge is 0.348 e. The number of nitrogens with zero attached hydrogens (tertiary/aromatic N) is 1. The molecule has 3 atom stereocenters. The van der Waals surface area contributed by atoms with E-state index in [4.69, 9.17) is 0 Å². The van der Waals surface area contributed by atoms with E-state index in [2.05, 4.69) is 29.0 Å². The smallest absolute Gasteiger partial charge is 0.260 e. The number of likely N-dealkylation sites (tertiary alicyclic amines) is 1. The minimum absolute atomic E-state index is 0.0192. The molecule has 0 spiro atoms. The number of nitrogens with one attached hydrogen (secondary N) is 2. The predicted molar refractivity (Wildman–Crippen MR) is 88.1 cm³/mol. The third-order valence-corrected chi connectivity index (χ3v) is 4.15. The number of pyridine rings is 1. The van der Waals surface area contributed by atoms with Crippen molar-refractivity contribution in [2.75, 3.05) is 19.6 Å². The molecule has 122 valence electrons. The SMILES string of the molecule is Cc1ccc(C(=O)N[C@H](C)CN2C[C@@H](C)C[C@H](C)C2)c(=O)[nH]1. The Morgan fingerprint density at radius 3 is 2.59 bits per heavy atom. The Kier molecular flexibility index (Phi) is 5.40. The van der Waals surface area contributed by atoms with Crippen LogP contribution in [0.25, 0.3) is 0 Å². The molecular weight excluding hydrogens is 278 g/mol. The summed E-state index contributed by atoms with van der Waals surface area (Å²) in [6.45, 7) is 11.3. The number of aryl methyl sites for hydroxylation is 1. The summed E-state index contributed by atoms with van der Waals surface area (Å²) < 4.78 is 0. The maximum atomic E-state index is 12.2. The molecule has 5 heteroatoms. The van der Waals surface area contributed by atoms with E-state index in [0.717, 1.165) is 25.3 Å². The average molecular weight is 305 g/mol. The van der Waals surface area contributed by atoms with Gasteiger partial charge in [-0.2, -0.15) is 0 Å². The van der Waals surface area contributed by atoms with E-state index in [1.165, 1.54) is 6.42 Å². The van der Waals surface area contributed by atoms with Gasteiger partial charge < -0.3 is 15.2 Å². The van der Waals surface area contributed by atoms with E-state index < -0.39 is 0 Å². The number of piperidine rings is 1. The highest BCUT2D eigenvalue weighted by Gasteiger charge is 2.23. The van der Waals surface area contributed by atoms with Crippen molar-refractivity contribution in [3.05, 3.63) is 33.7 Å². The van der Waals surface area contributed by atoms with Crippen molar-refractivity contribution < 1.29 is 4.79 Å². The molecule has 2 heterocycles. The zero-order valence-corrected chi connectivity index (χ0v) is 14.0. The van der Waals surface area contributed by atoms with Crippen LogP contribution in [0.15, 0.2) is 16.9 Å². The van der Waals surface area contributed by atoms with Crippen LogP contribution in [0.3, 0.4) is 0 Å². The first kappa shape index (κ1) is 16.7. The number of carbonyl (C=O) groups is 1. The van der Waals surface area contributed by atoms with Gasteiger partial charge in [-0.1, -0.05) is 13.8 Å². The van der Waals surface area contributed by atoms with E-state index in [9.17, 15) is 9.59 Å². The summed E-state index contributed by atoms with van der Waals surface area (Å²) in [5.74, 6) is 1.10. The molecule has 0 aromatic carbocycles. The van der Waals surface area contributed by atoms with Gasteiger partial charge in [0, 0.05) is 31.4 Å². The van der Waals surface area contributed by atoms with Gasteiger partial charge in [0.2, 0.25) is 0 Å². The molecule has 1 aliphatic heterocycles. The molecule has 5 nitrogen and oxygen atoms in total. The molecule has 2 rings (SSSR count). The normalized spacial score (nSPS) is 24.0. The van der Waals surface area contributed by atoms with Crippen molar-refractivity contribution in [2.24, 2.45) is 11.8 Å². The summed E-state index contributed by atoms with van der Waals surface area (Å²) in [7, 11) is 0. The second-order valence-corrected chi connectivity index (χ2v) is 6.92. The van der Waals surface area contributed by atoms with Crippen LogP contribution >= 0.6 is 0 Å². The summed E-state index contributed by atoms with van der Waals surface area (Å²) in [5, 5.41) is 2.93. The van der Waals surface area contributed by atoms with Crippen molar-refractivity contribution in [1.82, 2.24) is 15.2 Å². The maximum Gasteiger partial charge on any atom is 0.260 e. The molecule has 0 unspecified atom stereocenters. The Balaban J connectivity index is 1.92. The topological polar surface area (TPSA) is 65.2 Å². The number of rotatable bonds is 4. The molecule has 1 aliphatic rings. The molecular formula is C17H27N3O2. The third-order valence-electron chi connectivity index (χ3n) is 4.15. The van der Waals surface area contributed by atoms with E-state index in [1.807, 2.05) is 6.92 Å². The monoisotopic (exact) mass is 305 g/mol. The highest BCUT2D eigenvalue weighted by molar-refractivity contribution is 5.93. The average Bonchev–Trinajstić information content (AvgIpc) is 2.36. The molecule has 0 saturated carbocycles. The molecule has 1 aromatic heterocycles. The number of hydrogen-bond acceptors (Lipinski definition) is 3. The van der Waals surface area contributed by atoms with E-state index in [1.54, 1.807) is 19.1 Å². The van der Waals surface area contributed by atoms with Crippen molar-refractivity contribution in [2.45, 2.75) is 40.2 Å². The lowest BCUT2D eigenvalue weighted by molar-refractivity contribution is 0.0903. The highest BCUT2D eigenvalue weighted by atomic mass is 16.2. The fourth-order valence-electron chi connectivity index (χ4n) is 3.43. The Labute approximate surface area is 132 Å². The summed E-state index contributed by atoms with van der Waals surface area (Å²) in [6, 6.07) is 3.35. The van der Waals surface area contributed by atoms with Crippen LogP contribution in [-0.2, 0) is 0 Å². The Bertz CT molecular complexity index is 572. The first-order valence-corrected chi connectivity index (χ1v) is 8.08. The third kappa shape index (κ3) is 4.44. The van der Waals surface area contributed by atoms with Crippen molar-refractivity contribution in [3.63, 3.8) is 0 Å². The number of aromatic amines is 1. The number of amides is 1. The first-order chi connectivity index (χ1) is 10.3. The molecule has 1 aromatic rings. The molecule has 1 saturated heterocycles. The molecule has 2 N–H and O–H groups in total. The molecule has 22 heavy (non-hydrogen) atoms. The lowest BCUT2D eigenvalue weighted by Gasteiger charge is -2.36. The van der Waals surface area contributed by atoms with Gasteiger partial charge in [0.15, 0.2) is 0 Å². The van der Waals surface area contributed by atoms with Crippen LogP contribution in [0.1, 0.15) is 43.2 Å². The van der Waals surface area contributed by atoms with Gasteiger partial charge in [-0.25, -0.2) is 0 Å². The molecule has 0 bridgehead atoms. The van der Waals surface area contributed by atoms with Crippen LogP contribution < -0.4 is 10.9 Å². The van der Waals surface area contributed by atoms with E-state index in [0.29, 0.717) is 11.8 Å². The van der Waals surface area contributed by atoms with Crippen molar-refractivity contribution >= 4 is 5.91 Å². The predicted octanol–water partition coefficient (Wildman–Crippen LogP) is 1.78. The minimum Gasteiger partial charge on any atom is -0.348 e. The summed E-state index contributed by atoms with van der Waals surface area (Å²) in [6.07, 6.45) is 1.27. The second-order valence-electron chi connectivity index (χ2n) is 6.92. The first-order valence-electron chi connectivity index (χ1n) is 8.08. The number of H-pyrrole nitrogens is 1. The fourth-order valence-corrected chi connectivity index (χ4v) is 3.43. The van der Waals surface area contributed by atoms with Gasteiger partial charge in [0.1, 0.15) is 5.56 Å². The van der Waals surface area contributed by atoms with Gasteiger partial charge >= 0.3 is 0 Å². The zero-order valence-electron chi connectivity index (χ0n) is 14.0. The van der Waals surface area contributed by atoms with Crippen molar-refractivity contribution in [3.8, 4) is 0 Å². The van der Waals surface area contributed by atoms with E-state index >= 15 is 0 Å². The van der Waals surface area contributed by atoms with E-state index in [-0.39, 0.29) is 23.1 Å². The maximum absolute atomic E-state index is 12.2. The summed E-state index contributed by atoms with van der Waals surface area (Å²) in [4.78, 5) is 29.1. The summed E-state index contributed by atoms with van der Waals surface area (Å²) in [5.41, 5.74) is 0.605. The lowest BCUT2D eigenvalue weighted by Crippen LogP contribution is -2.47. The minimum atomic E-state index is -0.329. The molecule has 1 fully saturated rings. The lowest BCUT2D eigenvalue weighted by atomic mass is 9.92. The van der Waals surface area contributed by atoms with Crippen LogP contribution in [0.5, 0.6) is 0 Å². The molecule has 1 amide bonds. The Morgan fingerprint density at radius 1 is 1.36 bits per heavy atom. The van der Waals surface area contributed by atoms with Crippen LogP contribution in [-0.4, -0.2) is 41.5 Å². The van der Waals surface area contributed by atoms with Crippen LogP contribution in [0, 0.1) is 18.8 Å². The van der Waals surface area contributed by atoms with Gasteiger partial charge in [-0.15, -0.1) is 0 Å². The highest BCUT2D eigenvalue weighted by Crippen LogP contribution is 2.20. The van der Waals surface area contributed by atoms with Gasteiger partial charge in [0.05, 0.1) is 0 Å². The zero-order chi connectivity index (χ0) is 16.3. The Morgan fingerprint density at radius 2 is 2.00 bits per heavy atom. The molecule has 0 radical (unpaired) electrons. The Hall–Kier alpha value is -1.62. The second kappa shape index (κ2) is 7.09. The van der Waals surface area contributed by atoms with Gasteiger partial charge in [-0.3, -0.25) is 9.59 Å². The van der Waals surface area contributed by atoms with Gasteiger partial charge in [0.25, 0.3) is 11.5 Å². The fraction of sp³-hybridized carbons (Fsp3) is 0.647. The van der Waals surface area contributed by atoms with Crippen LogP contribution in [0.4, 0.5) is 0 Å². The van der Waals surface area contributed by atoms with Gasteiger partial charge in [-0.05, 0) is 44.2 Å². The number of aromatic nitrogens is 1. The number of carbonyl (C=O) groups excluding carboxylic acids is 1.